The maximum absolute atomic E-state index is 12.4. The summed E-state index contributed by atoms with van der Waals surface area (Å²) >= 11 is 0.774. The van der Waals surface area contributed by atoms with Crippen LogP contribution in [-0.4, -0.2) is 40.4 Å². The van der Waals surface area contributed by atoms with Crippen molar-refractivity contribution in [2.75, 3.05) is 19.4 Å². The van der Waals surface area contributed by atoms with Crippen LogP contribution in [0, 0.1) is 0 Å². The minimum Gasteiger partial charge on any atom is -0.357 e. The third kappa shape index (κ3) is 3.79. The number of hydrogen-bond donors (Lipinski definition) is 1. The van der Waals surface area contributed by atoms with Gasteiger partial charge in [0.2, 0.25) is 11.0 Å². The highest BCUT2D eigenvalue weighted by Gasteiger charge is 2.36. The Hall–Kier alpha value is -0.890. The van der Waals surface area contributed by atoms with Crippen molar-refractivity contribution >= 4 is 16.7 Å². The Morgan fingerprint density at radius 1 is 1.32 bits per heavy atom. The Bertz CT molecular complexity index is 418. The van der Waals surface area contributed by atoms with E-state index in [9.17, 15) is 13.2 Å². The first kappa shape index (κ1) is 14.5. The van der Waals surface area contributed by atoms with Crippen LogP contribution in [0.5, 0.6) is 0 Å². The molecule has 0 bridgehead atoms. The Kier molecular flexibility index (Phi) is 4.29. The molecule has 1 heterocycles. The lowest BCUT2D eigenvalue weighted by molar-refractivity contribution is -0.144. The van der Waals surface area contributed by atoms with Crippen molar-refractivity contribution in [1.29, 1.82) is 0 Å². The van der Waals surface area contributed by atoms with Crippen molar-refractivity contribution in [3.05, 3.63) is 5.82 Å². The average Bonchev–Trinajstić information content (AvgIpc) is 2.77. The SMILES string of the molecule is CN(C)C1CCCC(Nc2nc(C(F)(F)F)ns2)C1. The lowest BCUT2D eigenvalue weighted by Gasteiger charge is -2.33. The maximum atomic E-state index is 12.4. The van der Waals surface area contributed by atoms with Crippen LogP contribution in [0.4, 0.5) is 18.3 Å². The third-order valence-electron chi connectivity index (χ3n) is 3.38. The summed E-state index contributed by atoms with van der Waals surface area (Å²) in [5, 5.41) is 3.34. The molecule has 2 rings (SSSR count). The van der Waals surface area contributed by atoms with Gasteiger partial charge in [-0.05, 0) is 39.8 Å². The first-order chi connectivity index (χ1) is 8.86. The molecule has 1 fully saturated rings. The molecule has 1 aromatic rings. The van der Waals surface area contributed by atoms with Crippen LogP contribution in [0.3, 0.4) is 0 Å². The van der Waals surface area contributed by atoms with Gasteiger partial charge in [-0.1, -0.05) is 0 Å². The summed E-state index contributed by atoms with van der Waals surface area (Å²) in [5.41, 5.74) is 0. The van der Waals surface area contributed by atoms with Gasteiger partial charge < -0.3 is 10.2 Å². The largest absolute Gasteiger partial charge is 0.452 e. The second-order valence-corrected chi connectivity index (χ2v) is 5.80. The number of nitrogens with one attached hydrogen (secondary N) is 1. The second kappa shape index (κ2) is 5.62. The van der Waals surface area contributed by atoms with Gasteiger partial charge >= 0.3 is 6.18 Å². The second-order valence-electron chi connectivity index (χ2n) is 5.05. The van der Waals surface area contributed by atoms with Crippen molar-refractivity contribution in [2.45, 2.75) is 43.9 Å². The van der Waals surface area contributed by atoms with Crippen LogP contribution >= 0.6 is 11.5 Å². The fraction of sp³-hybridized carbons (Fsp3) is 0.818. The fourth-order valence-corrected chi connectivity index (χ4v) is 3.00. The fourth-order valence-electron chi connectivity index (χ4n) is 2.34. The van der Waals surface area contributed by atoms with Crippen molar-refractivity contribution in [1.82, 2.24) is 14.3 Å². The molecule has 0 aromatic carbocycles. The van der Waals surface area contributed by atoms with Gasteiger partial charge in [0.1, 0.15) is 0 Å². The van der Waals surface area contributed by atoms with Crippen LogP contribution in [0.25, 0.3) is 0 Å². The Morgan fingerprint density at radius 3 is 2.63 bits per heavy atom. The molecule has 0 saturated heterocycles. The number of aromatic nitrogens is 2. The van der Waals surface area contributed by atoms with E-state index < -0.39 is 12.0 Å². The summed E-state index contributed by atoms with van der Waals surface area (Å²) in [7, 11) is 4.06. The molecule has 0 radical (unpaired) electrons. The molecular formula is C11H17F3N4S. The summed E-state index contributed by atoms with van der Waals surface area (Å²) < 4.78 is 40.5. The number of alkyl halides is 3. The van der Waals surface area contributed by atoms with E-state index in [1.165, 1.54) is 0 Å². The van der Waals surface area contributed by atoms with Crippen molar-refractivity contribution in [2.24, 2.45) is 0 Å². The molecule has 19 heavy (non-hydrogen) atoms. The van der Waals surface area contributed by atoms with Gasteiger partial charge in [0.15, 0.2) is 0 Å². The first-order valence-corrected chi connectivity index (χ1v) is 6.97. The molecule has 2 atom stereocenters. The van der Waals surface area contributed by atoms with Crippen LogP contribution in [0.1, 0.15) is 31.5 Å². The molecule has 0 spiro atoms. The van der Waals surface area contributed by atoms with E-state index in [1.807, 2.05) is 14.1 Å². The zero-order chi connectivity index (χ0) is 14.0. The smallest absolute Gasteiger partial charge is 0.357 e. The van der Waals surface area contributed by atoms with Crippen molar-refractivity contribution < 1.29 is 13.2 Å². The summed E-state index contributed by atoms with van der Waals surface area (Å²) in [4.78, 5) is 5.66. The highest BCUT2D eigenvalue weighted by molar-refractivity contribution is 7.09. The van der Waals surface area contributed by atoms with Gasteiger partial charge in [0.05, 0.1) is 0 Å². The standard InChI is InChI=1S/C11H17F3N4S/c1-18(2)8-5-3-4-7(6-8)15-10-16-9(17-19-10)11(12,13)14/h7-8H,3-6H2,1-2H3,(H,15,16,17). The molecule has 0 amide bonds. The van der Waals surface area contributed by atoms with E-state index >= 15 is 0 Å². The summed E-state index contributed by atoms with van der Waals surface area (Å²) in [6.07, 6.45) is -0.366. The molecular weight excluding hydrogens is 277 g/mol. The van der Waals surface area contributed by atoms with E-state index in [0.29, 0.717) is 6.04 Å². The highest BCUT2D eigenvalue weighted by Crippen LogP contribution is 2.30. The number of hydrogen-bond acceptors (Lipinski definition) is 5. The molecule has 4 nitrogen and oxygen atoms in total. The monoisotopic (exact) mass is 294 g/mol. The number of rotatable bonds is 3. The normalized spacial score (nSPS) is 24.7. The molecule has 8 heteroatoms. The molecule has 108 valence electrons. The molecule has 1 saturated carbocycles. The predicted octanol–water partition coefficient (Wildman–Crippen LogP) is 2.84. The Balaban J connectivity index is 1.95. The van der Waals surface area contributed by atoms with E-state index in [0.717, 1.165) is 37.2 Å². The highest BCUT2D eigenvalue weighted by atomic mass is 32.1. The zero-order valence-corrected chi connectivity index (χ0v) is 11.7. The predicted molar refractivity (Wildman–Crippen MR) is 68.3 cm³/mol. The van der Waals surface area contributed by atoms with Crippen LogP contribution in [0.15, 0.2) is 0 Å². The maximum Gasteiger partial charge on any atom is 0.452 e. The summed E-state index contributed by atoms with van der Waals surface area (Å²) in [6.45, 7) is 0. The number of anilines is 1. The van der Waals surface area contributed by atoms with Gasteiger partial charge in [0.25, 0.3) is 0 Å². The van der Waals surface area contributed by atoms with Gasteiger partial charge in [-0.3, -0.25) is 0 Å². The zero-order valence-electron chi connectivity index (χ0n) is 10.9. The van der Waals surface area contributed by atoms with E-state index in [2.05, 4.69) is 19.6 Å². The summed E-state index contributed by atoms with van der Waals surface area (Å²) in [5.74, 6) is -1.06. The van der Waals surface area contributed by atoms with Crippen LogP contribution < -0.4 is 5.32 Å². The van der Waals surface area contributed by atoms with E-state index in [4.69, 9.17) is 0 Å². The van der Waals surface area contributed by atoms with Crippen LogP contribution in [-0.2, 0) is 6.18 Å². The third-order valence-corrected chi connectivity index (χ3v) is 4.03. The van der Waals surface area contributed by atoms with E-state index in [1.54, 1.807) is 0 Å². The average molecular weight is 294 g/mol. The lowest BCUT2D eigenvalue weighted by Crippen LogP contribution is -2.38. The quantitative estimate of drug-likeness (QED) is 0.930. The minimum absolute atomic E-state index is 0.176. The van der Waals surface area contributed by atoms with Gasteiger partial charge in [-0.15, -0.1) is 0 Å². The number of nitrogens with zero attached hydrogens (tertiary/aromatic N) is 3. The van der Waals surface area contributed by atoms with Crippen LogP contribution in [0.2, 0.25) is 0 Å². The molecule has 0 aliphatic heterocycles. The molecule has 2 unspecified atom stereocenters. The Labute approximate surface area is 114 Å². The van der Waals surface area contributed by atoms with Gasteiger partial charge in [-0.2, -0.15) is 22.5 Å². The van der Waals surface area contributed by atoms with Crippen molar-refractivity contribution in [3.8, 4) is 0 Å². The first-order valence-electron chi connectivity index (χ1n) is 6.20. The lowest BCUT2D eigenvalue weighted by atomic mass is 9.90. The minimum atomic E-state index is -4.46. The summed E-state index contributed by atoms with van der Waals surface area (Å²) in [6, 6.07) is 0.649. The number of halogens is 3. The van der Waals surface area contributed by atoms with Gasteiger partial charge in [-0.25, -0.2) is 0 Å². The molecule has 1 N–H and O–H groups in total. The molecule has 1 aliphatic carbocycles. The van der Waals surface area contributed by atoms with E-state index in [-0.39, 0.29) is 11.2 Å². The van der Waals surface area contributed by atoms with Gasteiger partial charge in [0, 0.05) is 23.6 Å². The molecule has 1 aliphatic rings. The van der Waals surface area contributed by atoms with Crippen molar-refractivity contribution in [3.63, 3.8) is 0 Å². The molecule has 1 aromatic heterocycles. The Morgan fingerprint density at radius 2 is 2.05 bits per heavy atom. The topological polar surface area (TPSA) is 41.0 Å².